The number of hydrogen-bond acceptors (Lipinski definition) is 3. The number of benzene rings is 1. The fraction of sp³-hybridized carbons (Fsp3) is 0.368. The molecule has 27 heavy (non-hydrogen) atoms. The van der Waals surface area contributed by atoms with E-state index in [1.54, 1.807) is 37.3 Å². The summed E-state index contributed by atoms with van der Waals surface area (Å²) in [7, 11) is 0. The first-order valence-electron chi connectivity index (χ1n) is 8.91. The van der Waals surface area contributed by atoms with Crippen LogP contribution < -0.4 is 10.5 Å². The van der Waals surface area contributed by atoms with E-state index >= 15 is 0 Å². The third kappa shape index (κ3) is 2.98. The fourth-order valence-electron chi connectivity index (χ4n) is 3.74. The third-order valence-electron chi connectivity index (χ3n) is 4.94. The number of hydrogen-bond donors (Lipinski definition) is 1. The second kappa shape index (κ2) is 6.44. The minimum atomic E-state index is -4.67. The van der Waals surface area contributed by atoms with Gasteiger partial charge in [0, 0.05) is 18.8 Å². The van der Waals surface area contributed by atoms with Crippen molar-refractivity contribution in [3.63, 3.8) is 0 Å². The van der Waals surface area contributed by atoms with Crippen molar-refractivity contribution in [3.05, 3.63) is 52.1 Å². The van der Waals surface area contributed by atoms with Crippen molar-refractivity contribution in [2.75, 3.05) is 18.0 Å². The predicted octanol–water partition coefficient (Wildman–Crippen LogP) is 4.01. The molecule has 3 aromatic rings. The summed E-state index contributed by atoms with van der Waals surface area (Å²) >= 11 is 0. The molecule has 0 bridgehead atoms. The first-order valence-corrected chi connectivity index (χ1v) is 8.91. The van der Waals surface area contributed by atoms with Crippen molar-refractivity contribution < 1.29 is 13.2 Å². The van der Waals surface area contributed by atoms with Gasteiger partial charge < -0.3 is 9.88 Å². The predicted molar refractivity (Wildman–Crippen MR) is 97.1 cm³/mol. The summed E-state index contributed by atoms with van der Waals surface area (Å²) in [6.07, 6.45) is -1.66. The van der Waals surface area contributed by atoms with E-state index in [1.807, 2.05) is 4.90 Å². The molecular formula is C19H19F3N4O. The van der Waals surface area contributed by atoms with Crippen LogP contribution in [0.4, 0.5) is 18.9 Å². The Bertz CT molecular complexity index is 1030. The number of aromatic nitrogens is 3. The largest absolute Gasteiger partial charge is 0.435 e. The average molecular weight is 376 g/mol. The van der Waals surface area contributed by atoms with Gasteiger partial charge in [-0.25, -0.2) is 0 Å². The monoisotopic (exact) mass is 376 g/mol. The van der Waals surface area contributed by atoms with Crippen LogP contribution in [0.5, 0.6) is 0 Å². The standard InChI is InChI=1S/C19H19F3N4O/c1-12-15(25-10-6-3-7-11-25)18(27)26-17(23-12)14(13-8-4-2-5-9-13)16(24-26)19(20,21)22/h2,4-5,8-9,23H,3,6-7,10-11H2,1H3. The molecule has 0 aliphatic carbocycles. The Kier molecular flexibility index (Phi) is 4.20. The molecule has 1 N–H and O–H groups in total. The Morgan fingerprint density at radius 2 is 1.74 bits per heavy atom. The molecule has 0 unspecified atom stereocenters. The first-order chi connectivity index (χ1) is 12.9. The van der Waals surface area contributed by atoms with E-state index in [1.165, 1.54) is 0 Å². The van der Waals surface area contributed by atoms with Crippen molar-refractivity contribution in [2.45, 2.75) is 32.4 Å². The van der Waals surface area contributed by atoms with Gasteiger partial charge in [-0.1, -0.05) is 30.3 Å². The number of piperidine rings is 1. The van der Waals surface area contributed by atoms with Crippen LogP contribution in [-0.2, 0) is 6.18 Å². The first kappa shape index (κ1) is 17.6. The van der Waals surface area contributed by atoms with Crippen molar-refractivity contribution in [1.29, 1.82) is 0 Å². The van der Waals surface area contributed by atoms with Crippen molar-refractivity contribution in [3.8, 4) is 11.1 Å². The summed E-state index contributed by atoms with van der Waals surface area (Å²) in [6, 6.07) is 8.21. The van der Waals surface area contributed by atoms with E-state index in [-0.39, 0.29) is 11.2 Å². The van der Waals surface area contributed by atoms with Crippen LogP contribution in [0.15, 0.2) is 35.1 Å². The Balaban J connectivity index is 2.01. The number of nitrogens with one attached hydrogen (secondary N) is 1. The second-order valence-electron chi connectivity index (χ2n) is 6.80. The third-order valence-corrected chi connectivity index (χ3v) is 4.94. The molecule has 4 rings (SSSR count). The number of H-pyrrole nitrogens is 1. The molecule has 1 aliphatic heterocycles. The van der Waals surface area contributed by atoms with Gasteiger partial charge in [-0.15, -0.1) is 0 Å². The van der Waals surface area contributed by atoms with Gasteiger partial charge in [0.15, 0.2) is 5.69 Å². The molecule has 0 saturated carbocycles. The van der Waals surface area contributed by atoms with Crippen LogP contribution in [0.1, 0.15) is 30.7 Å². The highest BCUT2D eigenvalue weighted by atomic mass is 19.4. The molecule has 1 aliphatic rings. The van der Waals surface area contributed by atoms with E-state index in [4.69, 9.17) is 0 Å². The quantitative estimate of drug-likeness (QED) is 0.735. The van der Waals surface area contributed by atoms with Crippen LogP contribution >= 0.6 is 0 Å². The Hall–Kier alpha value is -2.77. The summed E-state index contributed by atoms with van der Waals surface area (Å²) in [4.78, 5) is 18.0. The number of anilines is 1. The summed E-state index contributed by atoms with van der Waals surface area (Å²) in [5.41, 5.74) is -0.294. The molecule has 0 spiro atoms. The Morgan fingerprint density at radius 1 is 1.07 bits per heavy atom. The second-order valence-corrected chi connectivity index (χ2v) is 6.80. The van der Waals surface area contributed by atoms with E-state index in [0.29, 0.717) is 30.0 Å². The fourth-order valence-corrected chi connectivity index (χ4v) is 3.74. The molecule has 1 fully saturated rings. The van der Waals surface area contributed by atoms with Gasteiger partial charge in [-0.2, -0.15) is 22.8 Å². The number of aryl methyl sites for hydroxylation is 1. The zero-order chi connectivity index (χ0) is 19.2. The maximum Gasteiger partial charge on any atom is 0.435 e. The molecule has 1 saturated heterocycles. The lowest BCUT2D eigenvalue weighted by Gasteiger charge is -2.29. The van der Waals surface area contributed by atoms with Crippen LogP contribution in [0.2, 0.25) is 0 Å². The van der Waals surface area contributed by atoms with Crippen molar-refractivity contribution in [2.24, 2.45) is 0 Å². The van der Waals surface area contributed by atoms with E-state index in [9.17, 15) is 18.0 Å². The minimum absolute atomic E-state index is 0.0665. The van der Waals surface area contributed by atoms with Crippen LogP contribution in [0, 0.1) is 6.92 Å². The maximum absolute atomic E-state index is 13.7. The summed E-state index contributed by atoms with van der Waals surface area (Å²) in [5.74, 6) is 0. The lowest BCUT2D eigenvalue weighted by molar-refractivity contribution is -0.140. The summed E-state index contributed by atoms with van der Waals surface area (Å²) < 4.78 is 41.8. The number of nitrogens with zero attached hydrogens (tertiary/aromatic N) is 3. The molecule has 3 heterocycles. The smallest absolute Gasteiger partial charge is 0.366 e. The molecule has 1 aromatic carbocycles. The minimum Gasteiger partial charge on any atom is -0.366 e. The highest BCUT2D eigenvalue weighted by Crippen LogP contribution is 2.38. The molecule has 5 nitrogen and oxygen atoms in total. The zero-order valence-electron chi connectivity index (χ0n) is 14.8. The molecule has 0 amide bonds. The SMILES string of the molecule is Cc1[nH]c2c(-c3ccccc3)c(C(F)(F)F)nn2c(=O)c1N1CCCCC1. The number of rotatable bonds is 2. The van der Waals surface area contributed by atoms with Crippen LogP contribution in [-0.4, -0.2) is 27.7 Å². The van der Waals surface area contributed by atoms with Crippen LogP contribution in [0.25, 0.3) is 16.8 Å². The Labute approximate surface area is 153 Å². The molecule has 142 valence electrons. The Morgan fingerprint density at radius 3 is 2.37 bits per heavy atom. The van der Waals surface area contributed by atoms with Gasteiger partial charge in [0.2, 0.25) is 0 Å². The number of alkyl halides is 3. The summed E-state index contributed by atoms with van der Waals surface area (Å²) in [5, 5.41) is 3.68. The molecule has 0 atom stereocenters. The maximum atomic E-state index is 13.7. The average Bonchev–Trinajstić information content (AvgIpc) is 3.03. The molecule has 8 heteroatoms. The number of aromatic amines is 1. The summed E-state index contributed by atoms with van der Waals surface area (Å²) in [6.45, 7) is 3.16. The molecule has 0 radical (unpaired) electrons. The number of fused-ring (bicyclic) bond motifs is 1. The lowest BCUT2D eigenvalue weighted by atomic mass is 10.1. The van der Waals surface area contributed by atoms with Gasteiger partial charge in [0.25, 0.3) is 5.56 Å². The van der Waals surface area contributed by atoms with Gasteiger partial charge in [0.05, 0.1) is 5.56 Å². The topological polar surface area (TPSA) is 53.4 Å². The van der Waals surface area contributed by atoms with Gasteiger partial charge in [-0.3, -0.25) is 4.79 Å². The molecular weight excluding hydrogens is 357 g/mol. The highest BCUT2D eigenvalue weighted by Gasteiger charge is 2.39. The molecule has 2 aromatic heterocycles. The van der Waals surface area contributed by atoms with E-state index < -0.39 is 17.4 Å². The van der Waals surface area contributed by atoms with Crippen molar-refractivity contribution >= 4 is 11.3 Å². The zero-order valence-corrected chi connectivity index (χ0v) is 14.8. The van der Waals surface area contributed by atoms with E-state index in [0.717, 1.165) is 23.8 Å². The highest BCUT2D eigenvalue weighted by molar-refractivity contribution is 5.81. The van der Waals surface area contributed by atoms with Gasteiger partial charge >= 0.3 is 6.18 Å². The van der Waals surface area contributed by atoms with E-state index in [2.05, 4.69) is 10.1 Å². The van der Waals surface area contributed by atoms with Gasteiger partial charge in [-0.05, 0) is 31.7 Å². The van der Waals surface area contributed by atoms with Crippen LogP contribution in [0.3, 0.4) is 0 Å². The lowest BCUT2D eigenvalue weighted by Crippen LogP contribution is -2.36. The van der Waals surface area contributed by atoms with Gasteiger partial charge in [0.1, 0.15) is 11.3 Å². The normalized spacial score (nSPS) is 15.5. The van der Waals surface area contributed by atoms with Crippen molar-refractivity contribution in [1.82, 2.24) is 14.6 Å². The number of halogens is 3.